The molecule has 0 aromatic heterocycles. The fourth-order valence-corrected chi connectivity index (χ4v) is 1.32. The highest BCUT2D eigenvalue weighted by Crippen LogP contribution is 2.16. The van der Waals surface area contributed by atoms with Gasteiger partial charge in [-0.15, -0.1) is 0 Å². The van der Waals surface area contributed by atoms with Gasteiger partial charge in [-0.05, 0) is 11.6 Å². The van der Waals surface area contributed by atoms with Crippen molar-refractivity contribution in [1.29, 1.82) is 0 Å². The normalized spacial score (nSPS) is 11.5. The van der Waals surface area contributed by atoms with Crippen LogP contribution >= 0.6 is 11.6 Å². The third-order valence-corrected chi connectivity index (χ3v) is 2.25. The van der Waals surface area contributed by atoms with Crippen LogP contribution in [0.4, 0.5) is 0 Å². The Morgan fingerprint density at radius 1 is 1.50 bits per heavy atom. The molecule has 0 fully saturated rings. The summed E-state index contributed by atoms with van der Waals surface area (Å²) < 4.78 is 0. The Hall–Kier alpha value is -1.22. The van der Waals surface area contributed by atoms with Gasteiger partial charge >= 0.3 is 0 Å². The number of nitrogens with zero attached hydrogens (tertiary/aromatic N) is 2. The van der Waals surface area contributed by atoms with Crippen LogP contribution < -0.4 is 5.11 Å². The summed E-state index contributed by atoms with van der Waals surface area (Å²) in [6.45, 7) is 0.482. The molecule has 0 bridgehead atoms. The maximum absolute atomic E-state index is 11.1. The number of hydrogen-bond donors (Lipinski definition) is 0. The standard InChI is InChI=1S/C10H13ClN2O/c1-12-10(14)13(2)7-8-5-3-4-6-9(8)11/h3-6H,7H2,1-2H3,(H,12,14)/p-1. The van der Waals surface area contributed by atoms with Crippen molar-refractivity contribution in [2.24, 2.45) is 4.99 Å². The first-order chi connectivity index (χ1) is 6.65. The number of benzene rings is 1. The van der Waals surface area contributed by atoms with Gasteiger partial charge in [0.2, 0.25) is 0 Å². The van der Waals surface area contributed by atoms with Gasteiger partial charge in [-0.1, -0.05) is 29.8 Å². The molecule has 0 radical (unpaired) electrons. The first-order valence-electron chi connectivity index (χ1n) is 4.23. The molecule has 4 heteroatoms. The van der Waals surface area contributed by atoms with Gasteiger partial charge in [0, 0.05) is 31.7 Å². The van der Waals surface area contributed by atoms with Crippen molar-refractivity contribution in [3.63, 3.8) is 0 Å². The summed E-state index contributed by atoms with van der Waals surface area (Å²) in [5.74, 6) is 0. The Kier molecular flexibility index (Phi) is 3.77. The molecule has 0 saturated heterocycles. The molecule has 0 heterocycles. The van der Waals surface area contributed by atoms with E-state index in [-0.39, 0.29) is 6.02 Å². The molecule has 1 rings (SSSR count). The second-order valence-corrected chi connectivity index (χ2v) is 3.36. The van der Waals surface area contributed by atoms with E-state index >= 15 is 0 Å². The molecule has 0 aliphatic heterocycles. The van der Waals surface area contributed by atoms with E-state index in [0.29, 0.717) is 11.6 Å². The van der Waals surface area contributed by atoms with Crippen LogP contribution in [0.2, 0.25) is 5.02 Å². The zero-order chi connectivity index (χ0) is 10.6. The zero-order valence-corrected chi connectivity index (χ0v) is 8.95. The van der Waals surface area contributed by atoms with Gasteiger partial charge in [-0.25, -0.2) is 0 Å². The second-order valence-electron chi connectivity index (χ2n) is 2.95. The molecule has 14 heavy (non-hydrogen) atoms. The average Bonchev–Trinajstić information content (AvgIpc) is 2.20. The van der Waals surface area contributed by atoms with Crippen LogP contribution in [-0.2, 0) is 6.54 Å². The smallest absolute Gasteiger partial charge is 0.0495 e. The molecule has 0 unspecified atom stereocenters. The number of hydrogen-bond acceptors (Lipinski definition) is 2. The lowest BCUT2D eigenvalue weighted by molar-refractivity contribution is -0.234. The van der Waals surface area contributed by atoms with E-state index in [1.54, 1.807) is 13.1 Å². The Balaban J connectivity index is 2.74. The van der Waals surface area contributed by atoms with Crippen molar-refractivity contribution < 1.29 is 5.11 Å². The lowest BCUT2D eigenvalue weighted by Gasteiger charge is -2.25. The van der Waals surface area contributed by atoms with Gasteiger partial charge in [-0.2, -0.15) is 0 Å². The lowest BCUT2D eigenvalue weighted by Crippen LogP contribution is -2.36. The van der Waals surface area contributed by atoms with E-state index in [1.807, 2.05) is 18.2 Å². The fraction of sp³-hybridized carbons (Fsp3) is 0.300. The Morgan fingerprint density at radius 3 is 2.71 bits per heavy atom. The minimum absolute atomic E-state index is 0.245. The zero-order valence-electron chi connectivity index (χ0n) is 8.20. The molecule has 0 saturated carbocycles. The first kappa shape index (κ1) is 10.9. The Labute approximate surface area is 88.6 Å². The highest BCUT2D eigenvalue weighted by atomic mass is 35.5. The maximum atomic E-state index is 11.1. The van der Waals surface area contributed by atoms with Crippen molar-refractivity contribution in [1.82, 2.24) is 4.90 Å². The predicted octanol–water partition coefficient (Wildman–Crippen LogP) is 1.12. The Morgan fingerprint density at radius 2 is 2.14 bits per heavy atom. The molecule has 0 atom stereocenters. The minimum atomic E-state index is -0.245. The van der Waals surface area contributed by atoms with Crippen molar-refractivity contribution >= 4 is 17.6 Å². The van der Waals surface area contributed by atoms with E-state index in [4.69, 9.17) is 11.6 Å². The van der Waals surface area contributed by atoms with Crippen molar-refractivity contribution in [2.45, 2.75) is 6.54 Å². The predicted molar refractivity (Wildman–Crippen MR) is 56.3 cm³/mol. The molecule has 0 amide bonds. The van der Waals surface area contributed by atoms with Gasteiger partial charge < -0.3 is 10.0 Å². The van der Waals surface area contributed by atoms with E-state index in [2.05, 4.69) is 4.99 Å². The fourth-order valence-electron chi connectivity index (χ4n) is 1.12. The molecule has 0 aliphatic rings. The SMILES string of the molecule is CN=C([O-])N(C)Cc1ccccc1Cl. The van der Waals surface area contributed by atoms with E-state index in [9.17, 15) is 5.11 Å². The largest absolute Gasteiger partial charge is 0.846 e. The third-order valence-electron chi connectivity index (χ3n) is 1.88. The lowest BCUT2D eigenvalue weighted by atomic mass is 10.2. The molecular weight excluding hydrogens is 200 g/mol. The van der Waals surface area contributed by atoms with Crippen LogP contribution in [0.3, 0.4) is 0 Å². The number of halogens is 1. The highest BCUT2D eigenvalue weighted by molar-refractivity contribution is 6.31. The second kappa shape index (κ2) is 4.86. The summed E-state index contributed by atoms with van der Waals surface area (Å²) in [4.78, 5) is 5.07. The Bertz CT molecular complexity index is 339. The van der Waals surface area contributed by atoms with Gasteiger partial charge in [0.15, 0.2) is 0 Å². The molecule has 0 N–H and O–H groups in total. The summed E-state index contributed by atoms with van der Waals surface area (Å²) in [6, 6.07) is 7.20. The molecule has 0 spiro atoms. The van der Waals surface area contributed by atoms with Gasteiger partial charge in [0.25, 0.3) is 0 Å². The molecule has 3 nitrogen and oxygen atoms in total. The monoisotopic (exact) mass is 211 g/mol. The van der Waals surface area contributed by atoms with Crippen molar-refractivity contribution in [2.75, 3.05) is 14.1 Å². The molecule has 1 aromatic carbocycles. The van der Waals surface area contributed by atoms with Crippen LogP contribution in [0, 0.1) is 0 Å². The summed E-state index contributed by atoms with van der Waals surface area (Å²) in [7, 11) is 3.17. The number of amidine groups is 1. The van der Waals surface area contributed by atoms with Gasteiger partial charge in [0.1, 0.15) is 0 Å². The van der Waals surface area contributed by atoms with Gasteiger partial charge in [-0.3, -0.25) is 4.99 Å². The maximum Gasteiger partial charge on any atom is 0.0495 e. The quantitative estimate of drug-likeness (QED) is 0.543. The van der Waals surface area contributed by atoms with Crippen LogP contribution in [-0.4, -0.2) is 25.0 Å². The van der Waals surface area contributed by atoms with Crippen LogP contribution in [0.25, 0.3) is 0 Å². The van der Waals surface area contributed by atoms with E-state index in [1.165, 1.54) is 11.9 Å². The summed E-state index contributed by atoms with van der Waals surface area (Å²) in [5, 5.41) is 11.8. The van der Waals surface area contributed by atoms with E-state index < -0.39 is 0 Å². The van der Waals surface area contributed by atoms with E-state index in [0.717, 1.165) is 5.56 Å². The summed E-state index contributed by atoms with van der Waals surface area (Å²) in [5.41, 5.74) is 0.925. The topological polar surface area (TPSA) is 38.7 Å². The van der Waals surface area contributed by atoms with Crippen LogP contribution in [0.15, 0.2) is 29.3 Å². The van der Waals surface area contributed by atoms with Crippen LogP contribution in [0.5, 0.6) is 0 Å². The molecule has 76 valence electrons. The first-order valence-corrected chi connectivity index (χ1v) is 4.61. The molecule has 1 aromatic rings. The minimum Gasteiger partial charge on any atom is -0.846 e. The molecule has 0 aliphatic carbocycles. The highest BCUT2D eigenvalue weighted by Gasteiger charge is 2.01. The van der Waals surface area contributed by atoms with Crippen LogP contribution in [0.1, 0.15) is 5.56 Å². The van der Waals surface area contributed by atoms with Crippen molar-refractivity contribution in [3.05, 3.63) is 34.9 Å². The third kappa shape index (κ3) is 2.64. The average molecular weight is 212 g/mol. The summed E-state index contributed by atoms with van der Waals surface area (Å²) in [6.07, 6.45) is 0. The van der Waals surface area contributed by atoms with Crippen molar-refractivity contribution in [3.8, 4) is 0 Å². The summed E-state index contributed by atoms with van der Waals surface area (Å²) >= 11 is 5.95. The molecular formula is C10H12ClN2O-. The number of rotatable bonds is 2. The number of aliphatic imine (C=N–C) groups is 1. The van der Waals surface area contributed by atoms with Gasteiger partial charge in [0.05, 0.1) is 0 Å².